The summed E-state index contributed by atoms with van der Waals surface area (Å²) in [4.78, 5) is 11.9. The van der Waals surface area contributed by atoms with E-state index in [1.165, 1.54) is 18.2 Å². The van der Waals surface area contributed by atoms with Crippen molar-refractivity contribution in [1.29, 1.82) is 0 Å². The summed E-state index contributed by atoms with van der Waals surface area (Å²) in [6.07, 6.45) is 0. The summed E-state index contributed by atoms with van der Waals surface area (Å²) in [5.41, 5.74) is 0.608. The summed E-state index contributed by atoms with van der Waals surface area (Å²) in [6, 6.07) is 8.06. The van der Waals surface area contributed by atoms with Crippen LogP contribution in [0.1, 0.15) is 15.9 Å². The molecule has 0 aliphatic carbocycles. The first kappa shape index (κ1) is 14.9. The molecule has 2 rings (SSSR count). The summed E-state index contributed by atoms with van der Waals surface area (Å²) in [5.74, 6) is -1.62. The Morgan fingerprint density at radius 1 is 1.20 bits per heavy atom. The van der Waals surface area contributed by atoms with E-state index in [-0.39, 0.29) is 22.9 Å². The van der Waals surface area contributed by atoms with Crippen molar-refractivity contribution >= 4 is 33.4 Å². The van der Waals surface area contributed by atoms with Gasteiger partial charge in [0, 0.05) is 11.0 Å². The molecule has 0 spiro atoms. The molecule has 0 saturated heterocycles. The molecule has 0 radical (unpaired) electrons. The second kappa shape index (κ2) is 6.33. The molecule has 0 atom stereocenters. The molecule has 1 amide bonds. The number of hydrogen-bond acceptors (Lipinski definition) is 1. The van der Waals surface area contributed by atoms with Gasteiger partial charge >= 0.3 is 0 Å². The minimum absolute atomic E-state index is 0.108. The Hall–Kier alpha value is -1.46. The molecule has 0 aromatic heterocycles. The number of nitrogens with one attached hydrogen (secondary N) is 1. The number of carbonyl (C=O) groups is 1. The Bertz CT molecular complexity index is 646. The molecule has 2 nitrogen and oxygen atoms in total. The van der Waals surface area contributed by atoms with E-state index in [1.807, 2.05) is 0 Å². The van der Waals surface area contributed by atoms with Gasteiger partial charge in [-0.15, -0.1) is 0 Å². The fourth-order valence-electron chi connectivity index (χ4n) is 1.58. The van der Waals surface area contributed by atoms with E-state index in [9.17, 15) is 13.6 Å². The van der Waals surface area contributed by atoms with E-state index < -0.39 is 11.7 Å². The molecule has 104 valence electrons. The first-order valence-corrected chi connectivity index (χ1v) is 6.81. The van der Waals surface area contributed by atoms with Gasteiger partial charge in [0.25, 0.3) is 5.91 Å². The fraction of sp³-hybridized carbons (Fsp3) is 0.0714. The van der Waals surface area contributed by atoms with Crippen molar-refractivity contribution in [2.45, 2.75) is 6.54 Å². The van der Waals surface area contributed by atoms with Crippen LogP contribution in [-0.2, 0) is 6.54 Å². The van der Waals surface area contributed by atoms with Crippen LogP contribution >= 0.6 is 27.5 Å². The van der Waals surface area contributed by atoms with Crippen molar-refractivity contribution in [3.05, 3.63) is 68.7 Å². The maximum absolute atomic E-state index is 13.6. The van der Waals surface area contributed by atoms with Gasteiger partial charge in [0.1, 0.15) is 11.6 Å². The van der Waals surface area contributed by atoms with Gasteiger partial charge in [-0.3, -0.25) is 4.79 Å². The zero-order valence-electron chi connectivity index (χ0n) is 10.1. The summed E-state index contributed by atoms with van der Waals surface area (Å²) < 4.78 is 26.8. The van der Waals surface area contributed by atoms with E-state index in [0.29, 0.717) is 10.0 Å². The zero-order valence-corrected chi connectivity index (χ0v) is 12.4. The molecule has 0 saturated carbocycles. The van der Waals surface area contributed by atoms with Gasteiger partial charge in [0.2, 0.25) is 0 Å². The van der Waals surface area contributed by atoms with Crippen LogP contribution in [0.2, 0.25) is 5.02 Å². The molecule has 2 aromatic rings. The quantitative estimate of drug-likeness (QED) is 0.812. The predicted molar refractivity (Wildman–Crippen MR) is 76.7 cm³/mol. The van der Waals surface area contributed by atoms with Crippen molar-refractivity contribution in [1.82, 2.24) is 5.32 Å². The van der Waals surface area contributed by atoms with Crippen molar-refractivity contribution < 1.29 is 13.6 Å². The Morgan fingerprint density at radius 2 is 1.85 bits per heavy atom. The molecule has 0 heterocycles. The molecular weight excluding hydrogens is 352 g/mol. The van der Waals surface area contributed by atoms with Crippen LogP contribution in [0.3, 0.4) is 0 Å². The lowest BCUT2D eigenvalue weighted by atomic mass is 10.2. The van der Waals surface area contributed by atoms with Crippen LogP contribution in [-0.4, -0.2) is 5.91 Å². The summed E-state index contributed by atoms with van der Waals surface area (Å²) in [7, 11) is 0. The van der Waals surface area contributed by atoms with Crippen LogP contribution in [0, 0.1) is 11.6 Å². The van der Waals surface area contributed by atoms with E-state index >= 15 is 0 Å². The Labute approximate surface area is 127 Å². The number of rotatable bonds is 3. The van der Waals surface area contributed by atoms with Gasteiger partial charge in [-0.1, -0.05) is 23.7 Å². The second-order valence-corrected chi connectivity index (χ2v) is 5.32. The average Bonchev–Trinajstić information content (AvgIpc) is 2.42. The number of halogens is 4. The normalized spacial score (nSPS) is 10.4. The smallest absolute Gasteiger partial charge is 0.254 e. The largest absolute Gasteiger partial charge is 0.348 e. The maximum Gasteiger partial charge on any atom is 0.254 e. The number of carbonyl (C=O) groups excluding carboxylic acids is 1. The van der Waals surface area contributed by atoms with Crippen LogP contribution < -0.4 is 5.32 Å². The van der Waals surface area contributed by atoms with Gasteiger partial charge in [-0.2, -0.15) is 0 Å². The maximum atomic E-state index is 13.6. The van der Waals surface area contributed by atoms with Gasteiger partial charge < -0.3 is 5.32 Å². The lowest BCUT2D eigenvalue weighted by Gasteiger charge is -2.07. The molecule has 0 aliphatic rings. The highest BCUT2D eigenvalue weighted by atomic mass is 79.9. The summed E-state index contributed by atoms with van der Waals surface area (Å²) in [6.45, 7) is 0.179. The standard InChI is InChI=1S/C14H9BrClF2NO/c15-11-5-10(13(18)6-12(11)16)14(20)19-7-8-1-3-9(17)4-2-8/h1-6H,7H2,(H,19,20). The van der Waals surface area contributed by atoms with Gasteiger partial charge in [-0.05, 0) is 45.8 Å². The van der Waals surface area contributed by atoms with Crippen LogP contribution in [0.4, 0.5) is 8.78 Å². The molecule has 0 fully saturated rings. The lowest BCUT2D eigenvalue weighted by Crippen LogP contribution is -2.23. The molecule has 2 aromatic carbocycles. The molecule has 1 N–H and O–H groups in total. The third-order valence-corrected chi connectivity index (χ3v) is 3.82. The Balaban J connectivity index is 2.09. The highest BCUT2D eigenvalue weighted by Gasteiger charge is 2.14. The summed E-state index contributed by atoms with van der Waals surface area (Å²) >= 11 is 8.86. The zero-order chi connectivity index (χ0) is 14.7. The lowest BCUT2D eigenvalue weighted by molar-refractivity contribution is 0.0947. The highest BCUT2D eigenvalue weighted by Crippen LogP contribution is 2.25. The van der Waals surface area contributed by atoms with Crippen molar-refractivity contribution in [2.24, 2.45) is 0 Å². The monoisotopic (exact) mass is 359 g/mol. The Kier molecular flexibility index (Phi) is 4.73. The average molecular weight is 361 g/mol. The van der Waals surface area contributed by atoms with Crippen LogP contribution in [0.15, 0.2) is 40.9 Å². The highest BCUT2D eigenvalue weighted by molar-refractivity contribution is 9.10. The summed E-state index contributed by atoms with van der Waals surface area (Å²) in [5, 5.41) is 2.75. The van der Waals surface area contributed by atoms with E-state index in [1.54, 1.807) is 12.1 Å². The second-order valence-electron chi connectivity index (χ2n) is 4.06. The number of hydrogen-bond donors (Lipinski definition) is 1. The van der Waals surface area contributed by atoms with E-state index in [4.69, 9.17) is 11.6 Å². The third kappa shape index (κ3) is 3.55. The van der Waals surface area contributed by atoms with Gasteiger partial charge in [-0.25, -0.2) is 8.78 Å². The molecule has 0 unspecified atom stereocenters. The van der Waals surface area contributed by atoms with Crippen molar-refractivity contribution in [3.8, 4) is 0 Å². The molecule has 20 heavy (non-hydrogen) atoms. The molecule has 0 aliphatic heterocycles. The van der Waals surface area contributed by atoms with Crippen LogP contribution in [0.5, 0.6) is 0 Å². The molecule has 6 heteroatoms. The molecular formula is C14H9BrClF2NO. The van der Waals surface area contributed by atoms with Crippen LogP contribution in [0.25, 0.3) is 0 Å². The first-order chi connectivity index (χ1) is 9.47. The van der Waals surface area contributed by atoms with E-state index in [2.05, 4.69) is 21.2 Å². The fourth-order valence-corrected chi connectivity index (χ4v) is 2.07. The van der Waals surface area contributed by atoms with Gasteiger partial charge in [0.05, 0.1) is 10.6 Å². The minimum atomic E-state index is -0.699. The third-order valence-electron chi connectivity index (χ3n) is 2.62. The van der Waals surface area contributed by atoms with E-state index in [0.717, 1.165) is 6.07 Å². The first-order valence-electron chi connectivity index (χ1n) is 5.64. The topological polar surface area (TPSA) is 29.1 Å². The molecule has 0 bridgehead atoms. The van der Waals surface area contributed by atoms with Crippen molar-refractivity contribution in [3.63, 3.8) is 0 Å². The number of benzene rings is 2. The Morgan fingerprint density at radius 3 is 2.50 bits per heavy atom. The number of amides is 1. The minimum Gasteiger partial charge on any atom is -0.348 e. The van der Waals surface area contributed by atoms with Crippen molar-refractivity contribution in [2.75, 3.05) is 0 Å². The SMILES string of the molecule is O=C(NCc1ccc(F)cc1)c1cc(Br)c(Cl)cc1F. The van der Waals surface area contributed by atoms with Gasteiger partial charge in [0.15, 0.2) is 0 Å². The predicted octanol–water partition coefficient (Wildman–Crippen LogP) is 4.31.